The smallest absolute Gasteiger partial charge is 0.0505 e. The molecule has 0 aliphatic heterocycles. The van der Waals surface area contributed by atoms with E-state index >= 15 is 0 Å². The van der Waals surface area contributed by atoms with Crippen molar-refractivity contribution in [3.8, 4) is 0 Å². The average molecular weight is 362 g/mol. The van der Waals surface area contributed by atoms with E-state index in [1.807, 2.05) is 11.8 Å². The third-order valence-electron chi connectivity index (χ3n) is 4.83. The number of rotatable bonds is 7. The number of unbranched alkanes of at least 4 members (excludes halogenated alkanes) is 2. The largest absolute Gasteiger partial charge is 0.302 e. The van der Waals surface area contributed by atoms with Crippen LogP contribution in [-0.2, 0) is 6.42 Å². The predicted octanol–water partition coefficient (Wildman–Crippen LogP) is 5.99. The molecule has 0 radical (unpaired) electrons. The van der Waals surface area contributed by atoms with Gasteiger partial charge in [0.05, 0.1) is 5.25 Å². The Morgan fingerprint density at radius 1 is 1.00 bits per heavy atom. The van der Waals surface area contributed by atoms with Crippen LogP contribution in [0.4, 0.5) is 0 Å². The molecule has 1 nitrogen and oxygen atoms in total. The lowest BCUT2D eigenvalue weighted by molar-refractivity contribution is 0.241. The summed E-state index contributed by atoms with van der Waals surface area (Å²) >= 11 is 2.03. The number of hydrogen-bond acceptors (Lipinski definition) is 2. The molecule has 130 valence electrons. The summed E-state index contributed by atoms with van der Waals surface area (Å²) in [4.78, 5) is 3.97. The van der Waals surface area contributed by atoms with Crippen molar-refractivity contribution in [2.45, 2.75) is 48.8 Å². The van der Waals surface area contributed by atoms with Crippen molar-refractivity contribution in [3.05, 3.63) is 65.7 Å². The number of fused-ring (bicyclic) bond motifs is 1. The molecule has 0 heterocycles. The van der Waals surface area contributed by atoms with Crippen LogP contribution in [0, 0.1) is 0 Å². The van der Waals surface area contributed by atoms with Crippen LogP contribution < -0.4 is 0 Å². The van der Waals surface area contributed by atoms with Crippen LogP contribution in [0.2, 0.25) is 0 Å². The van der Waals surface area contributed by atoms with Gasteiger partial charge in [-0.1, -0.05) is 62.2 Å². The molecule has 0 N–H and O–H groups in total. The zero-order valence-electron chi connectivity index (χ0n) is 14.7. The normalized spacial score (nSPS) is 19.1. The third-order valence-corrected chi connectivity index (χ3v) is 6.19. The van der Waals surface area contributed by atoms with Crippen LogP contribution in [0.5, 0.6) is 0 Å². The molecule has 0 saturated heterocycles. The van der Waals surface area contributed by atoms with Gasteiger partial charge in [0.25, 0.3) is 0 Å². The molecule has 24 heavy (non-hydrogen) atoms. The van der Waals surface area contributed by atoms with Crippen molar-refractivity contribution >= 4 is 24.2 Å². The van der Waals surface area contributed by atoms with Crippen molar-refractivity contribution in [3.63, 3.8) is 0 Å². The van der Waals surface area contributed by atoms with Crippen molar-refractivity contribution < 1.29 is 0 Å². The Morgan fingerprint density at radius 3 is 2.46 bits per heavy atom. The molecule has 2 atom stereocenters. The standard InChI is InChI=1S/C21H27NS.ClH/c1-3-4-10-15-22(2)20-16-17-11-8-9-14-19(17)21(20)23-18-12-6-5-7-13-18;/h5-9,11-14,20-21H,3-4,10,15-16H2,1-2H3;1H/t20-,21-;/m1./s1. The highest BCUT2D eigenvalue weighted by Gasteiger charge is 2.35. The van der Waals surface area contributed by atoms with Gasteiger partial charge in [0.2, 0.25) is 0 Å². The minimum Gasteiger partial charge on any atom is -0.302 e. The molecule has 3 rings (SSSR count). The number of hydrogen-bond donors (Lipinski definition) is 0. The summed E-state index contributed by atoms with van der Waals surface area (Å²) < 4.78 is 0. The minimum atomic E-state index is 0. The molecule has 0 spiro atoms. The highest BCUT2D eigenvalue weighted by atomic mass is 35.5. The fourth-order valence-corrected chi connectivity index (χ4v) is 4.91. The van der Waals surface area contributed by atoms with E-state index in [-0.39, 0.29) is 12.4 Å². The molecule has 0 unspecified atom stereocenters. The van der Waals surface area contributed by atoms with Crippen LogP contribution in [0.3, 0.4) is 0 Å². The summed E-state index contributed by atoms with van der Waals surface area (Å²) in [5, 5.41) is 0.542. The fraction of sp³-hybridized carbons (Fsp3) is 0.429. The first-order chi connectivity index (χ1) is 11.3. The van der Waals surface area contributed by atoms with Crippen LogP contribution in [-0.4, -0.2) is 24.5 Å². The van der Waals surface area contributed by atoms with Gasteiger partial charge in [-0.3, -0.25) is 0 Å². The zero-order valence-corrected chi connectivity index (χ0v) is 16.3. The summed E-state index contributed by atoms with van der Waals surface area (Å²) in [6.07, 6.45) is 5.12. The van der Waals surface area contributed by atoms with Crippen molar-refractivity contribution in [1.82, 2.24) is 4.90 Å². The highest BCUT2D eigenvalue weighted by molar-refractivity contribution is 7.99. The molecule has 3 heteroatoms. The molecule has 1 aliphatic rings. The lowest BCUT2D eigenvalue weighted by Crippen LogP contribution is -2.34. The summed E-state index contributed by atoms with van der Waals surface area (Å²) in [5.41, 5.74) is 3.07. The second-order valence-electron chi connectivity index (χ2n) is 6.51. The van der Waals surface area contributed by atoms with E-state index < -0.39 is 0 Å². The Labute approximate surface area is 157 Å². The lowest BCUT2D eigenvalue weighted by atomic mass is 10.1. The minimum absolute atomic E-state index is 0. The maximum Gasteiger partial charge on any atom is 0.0505 e. The first kappa shape index (κ1) is 19.4. The Balaban J connectivity index is 0.00000208. The second-order valence-corrected chi connectivity index (χ2v) is 7.72. The Morgan fingerprint density at radius 2 is 1.71 bits per heavy atom. The molecule has 0 aromatic heterocycles. The van der Waals surface area contributed by atoms with Gasteiger partial charge >= 0.3 is 0 Å². The van der Waals surface area contributed by atoms with Gasteiger partial charge < -0.3 is 4.90 Å². The maximum absolute atomic E-state index is 2.59. The number of benzene rings is 2. The molecule has 0 fully saturated rings. The van der Waals surface area contributed by atoms with E-state index in [0.717, 1.165) is 0 Å². The fourth-order valence-electron chi connectivity index (χ4n) is 3.49. The molecule has 0 amide bonds. The molecule has 2 aromatic carbocycles. The van der Waals surface area contributed by atoms with E-state index in [0.29, 0.717) is 11.3 Å². The Bertz CT molecular complexity index is 616. The highest BCUT2D eigenvalue weighted by Crippen LogP contribution is 2.46. The SMILES string of the molecule is CCCCCN(C)[C@@H]1Cc2ccccc2[C@H]1Sc1ccccc1.Cl. The quantitative estimate of drug-likeness (QED) is 0.557. The van der Waals surface area contributed by atoms with Gasteiger partial charge in [-0.05, 0) is 49.7 Å². The number of halogens is 1. The molecular formula is C21H28ClNS. The molecule has 1 aliphatic carbocycles. The predicted molar refractivity (Wildman–Crippen MR) is 108 cm³/mol. The molecule has 0 saturated carbocycles. The van der Waals surface area contributed by atoms with E-state index in [2.05, 4.69) is 73.5 Å². The van der Waals surface area contributed by atoms with Crippen molar-refractivity contribution in [2.24, 2.45) is 0 Å². The molecule has 0 bridgehead atoms. The summed E-state index contributed by atoms with van der Waals surface area (Å²) in [5.74, 6) is 0. The Hall–Kier alpha value is -0.960. The number of nitrogens with zero attached hydrogens (tertiary/aromatic N) is 1. The number of likely N-dealkylation sites (N-methyl/N-ethyl adjacent to an activating group) is 1. The van der Waals surface area contributed by atoms with Crippen molar-refractivity contribution in [1.29, 1.82) is 0 Å². The number of thioether (sulfide) groups is 1. The van der Waals surface area contributed by atoms with Gasteiger partial charge in [-0.15, -0.1) is 24.2 Å². The van der Waals surface area contributed by atoms with Gasteiger partial charge in [0.1, 0.15) is 0 Å². The average Bonchev–Trinajstić information content (AvgIpc) is 2.95. The zero-order chi connectivity index (χ0) is 16.1. The summed E-state index contributed by atoms with van der Waals surface area (Å²) in [7, 11) is 2.31. The summed E-state index contributed by atoms with van der Waals surface area (Å²) in [6.45, 7) is 3.48. The first-order valence-electron chi connectivity index (χ1n) is 8.79. The van der Waals surface area contributed by atoms with Crippen molar-refractivity contribution in [2.75, 3.05) is 13.6 Å². The van der Waals surface area contributed by atoms with E-state index in [1.54, 1.807) is 0 Å². The van der Waals surface area contributed by atoms with Crippen LogP contribution in [0.15, 0.2) is 59.5 Å². The van der Waals surface area contributed by atoms with E-state index in [4.69, 9.17) is 0 Å². The second kappa shape index (κ2) is 9.50. The molecule has 2 aromatic rings. The Kier molecular flexibility index (Phi) is 7.67. The topological polar surface area (TPSA) is 3.24 Å². The first-order valence-corrected chi connectivity index (χ1v) is 9.67. The maximum atomic E-state index is 2.59. The van der Waals surface area contributed by atoms with Crippen LogP contribution in [0.25, 0.3) is 0 Å². The van der Waals surface area contributed by atoms with Crippen LogP contribution in [0.1, 0.15) is 42.6 Å². The van der Waals surface area contributed by atoms with E-state index in [9.17, 15) is 0 Å². The van der Waals surface area contributed by atoms with Gasteiger partial charge in [-0.2, -0.15) is 0 Å². The summed E-state index contributed by atoms with van der Waals surface area (Å²) in [6, 6.07) is 20.5. The van der Waals surface area contributed by atoms with Crippen LogP contribution >= 0.6 is 24.2 Å². The van der Waals surface area contributed by atoms with E-state index in [1.165, 1.54) is 48.3 Å². The van der Waals surface area contributed by atoms with Gasteiger partial charge in [0, 0.05) is 10.9 Å². The third kappa shape index (κ3) is 4.56. The van der Waals surface area contributed by atoms with Gasteiger partial charge in [-0.25, -0.2) is 0 Å². The van der Waals surface area contributed by atoms with Gasteiger partial charge in [0.15, 0.2) is 0 Å². The lowest BCUT2D eigenvalue weighted by Gasteiger charge is -2.30. The molecular weight excluding hydrogens is 334 g/mol. The monoisotopic (exact) mass is 361 g/mol.